The minimum atomic E-state index is -0.651. The fourth-order valence-electron chi connectivity index (χ4n) is 5.66. The van der Waals surface area contributed by atoms with Gasteiger partial charge >= 0.3 is 5.97 Å². The molecule has 3 aromatic rings. The second kappa shape index (κ2) is 14.2. The largest absolute Gasteiger partial charge is 0.459 e. The molecule has 2 fully saturated rings. The van der Waals surface area contributed by atoms with Crippen LogP contribution in [0.15, 0.2) is 84.9 Å². The van der Waals surface area contributed by atoms with Gasteiger partial charge in [0.2, 0.25) is 0 Å². The van der Waals surface area contributed by atoms with Gasteiger partial charge in [0.1, 0.15) is 6.10 Å². The Hall–Kier alpha value is -4.01. The van der Waals surface area contributed by atoms with E-state index in [1.807, 2.05) is 60.7 Å². The molecule has 0 aromatic heterocycles. The summed E-state index contributed by atoms with van der Waals surface area (Å²) in [5, 5.41) is 3.34. The molecule has 220 valence electrons. The molecule has 1 unspecified atom stereocenters. The van der Waals surface area contributed by atoms with E-state index in [-0.39, 0.29) is 36.2 Å². The van der Waals surface area contributed by atoms with Crippen molar-refractivity contribution < 1.29 is 23.9 Å². The van der Waals surface area contributed by atoms with E-state index in [9.17, 15) is 14.4 Å². The predicted octanol–water partition coefficient (Wildman–Crippen LogP) is 4.84. The molecule has 1 N–H and O–H groups in total. The number of amides is 1. The first-order valence-electron chi connectivity index (χ1n) is 14.8. The molecule has 0 saturated carbocycles. The maximum atomic E-state index is 13.6. The van der Waals surface area contributed by atoms with Crippen LogP contribution in [0.1, 0.15) is 52.1 Å². The molecule has 2 heterocycles. The number of carbonyl (C=O) groups is 3. The van der Waals surface area contributed by atoms with Gasteiger partial charge in [0.05, 0.1) is 19.8 Å². The van der Waals surface area contributed by atoms with E-state index in [2.05, 4.69) is 17.1 Å². The van der Waals surface area contributed by atoms with Crippen molar-refractivity contribution in [2.75, 3.05) is 51.3 Å². The molecular weight excluding hydrogens is 530 g/mol. The van der Waals surface area contributed by atoms with E-state index in [0.717, 1.165) is 30.6 Å². The summed E-state index contributed by atoms with van der Waals surface area (Å²) in [6.07, 6.45) is 1.42. The molecule has 2 saturated heterocycles. The summed E-state index contributed by atoms with van der Waals surface area (Å²) in [6, 6.07) is 25.5. The van der Waals surface area contributed by atoms with E-state index in [4.69, 9.17) is 9.47 Å². The second-order valence-electron chi connectivity index (χ2n) is 10.9. The fourth-order valence-corrected chi connectivity index (χ4v) is 5.66. The first kappa shape index (κ1) is 29.5. The average molecular weight is 570 g/mol. The van der Waals surface area contributed by atoms with Crippen LogP contribution in [0.2, 0.25) is 0 Å². The van der Waals surface area contributed by atoms with Crippen molar-refractivity contribution in [2.24, 2.45) is 5.92 Å². The minimum absolute atomic E-state index is 0.0201. The molecule has 3 aromatic carbocycles. The zero-order valence-corrected chi connectivity index (χ0v) is 24.1. The van der Waals surface area contributed by atoms with Crippen LogP contribution in [0.5, 0.6) is 0 Å². The van der Waals surface area contributed by atoms with Crippen molar-refractivity contribution in [3.8, 4) is 0 Å². The predicted molar refractivity (Wildman–Crippen MR) is 161 cm³/mol. The number of piperidine rings is 1. The van der Waals surface area contributed by atoms with Crippen molar-refractivity contribution in [1.29, 1.82) is 0 Å². The third-order valence-electron chi connectivity index (χ3n) is 8.14. The number of hydrogen-bond donors (Lipinski definition) is 1. The Morgan fingerprint density at radius 3 is 2.19 bits per heavy atom. The molecule has 8 heteroatoms. The number of hydrogen-bond acceptors (Lipinski definition) is 7. The number of anilines is 1. The van der Waals surface area contributed by atoms with E-state index >= 15 is 0 Å². The average Bonchev–Trinajstić information content (AvgIpc) is 3.04. The highest BCUT2D eigenvalue weighted by atomic mass is 16.5. The van der Waals surface area contributed by atoms with Gasteiger partial charge in [0.25, 0.3) is 5.91 Å². The van der Waals surface area contributed by atoms with Crippen LogP contribution < -0.4 is 5.32 Å². The molecule has 5 rings (SSSR count). The summed E-state index contributed by atoms with van der Waals surface area (Å²) >= 11 is 0. The molecule has 2 aliphatic heterocycles. The Kier molecular flexibility index (Phi) is 10.0. The SMILES string of the molecule is CCC1CCN(CC(=O)c2ccc(C(=O)N3CCOCC3)cc2)C[C@@H]1OC(=O)[C@H](Nc1ccccc1)c1ccccc1. The van der Waals surface area contributed by atoms with Crippen LogP contribution in [0.3, 0.4) is 0 Å². The number of carbonyl (C=O) groups excluding carboxylic acids is 3. The lowest BCUT2D eigenvalue weighted by Crippen LogP contribution is -2.48. The normalized spacial score (nSPS) is 20.0. The molecule has 8 nitrogen and oxygen atoms in total. The van der Waals surface area contributed by atoms with Gasteiger partial charge in [-0.05, 0) is 55.1 Å². The standard InChI is InChI=1S/C34H39N3O5/c1-2-25-17-18-36(23-30(38)26-13-15-28(16-14-26)33(39)37-19-21-41-22-20-37)24-31(25)42-34(40)32(27-9-5-3-6-10-27)35-29-11-7-4-8-12-29/h3-16,25,31-32,35H,2,17-24H2,1H3/t25?,31-,32+/m0/s1. The molecule has 0 radical (unpaired) electrons. The van der Waals surface area contributed by atoms with E-state index in [1.165, 1.54) is 0 Å². The number of ketones is 1. The number of ether oxygens (including phenoxy) is 2. The highest BCUT2D eigenvalue weighted by Gasteiger charge is 2.34. The first-order chi connectivity index (χ1) is 20.5. The Labute approximate surface area is 247 Å². The van der Waals surface area contributed by atoms with Crippen molar-refractivity contribution in [3.05, 3.63) is 102 Å². The molecule has 1 amide bonds. The van der Waals surface area contributed by atoms with Gasteiger partial charge in [-0.25, -0.2) is 4.79 Å². The number of nitrogens with zero attached hydrogens (tertiary/aromatic N) is 2. The number of para-hydroxylation sites is 1. The monoisotopic (exact) mass is 569 g/mol. The van der Waals surface area contributed by atoms with Crippen LogP contribution >= 0.6 is 0 Å². The number of morpholine rings is 1. The molecule has 2 aliphatic rings. The Morgan fingerprint density at radius 1 is 0.881 bits per heavy atom. The van der Waals surface area contributed by atoms with Crippen molar-refractivity contribution in [1.82, 2.24) is 9.80 Å². The van der Waals surface area contributed by atoms with Crippen LogP contribution in [-0.4, -0.2) is 79.5 Å². The Balaban J connectivity index is 1.22. The lowest BCUT2D eigenvalue weighted by atomic mass is 9.91. The van der Waals surface area contributed by atoms with Gasteiger partial charge < -0.3 is 19.7 Å². The number of benzene rings is 3. The summed E-state index contributed by atoms with van der Waals surface area (Å²) < 4.78 is 11.5. The first-order valence-corrected chi connectivity index (χ1v) is 14.8. The molecular formula is C34H39N3O5. The van der Waals surface area contributed by atoms with Crippen LogP contribution in [0.4, 0.5) is 5.69 Å². The Bertz CT molecular complexity index is 1330. The van der Waals surface area contributed by atoms with Crippen LogP contribution in [-0.2, 0) is 14.3 Å². The molecule has 3 atom stereocenters. The quantitative estimate of drug-likeness (QED) is 0.276. The fraction of sp³-hybridized carbons (Fsp3) is 0.382. The van der Waals surface area contributed by atoms with Crippen LogP contribution in [0, 0.1) is 5.92 Å². The van der Waals surface area contributed by atoms with Crippen molar-refractivity contribution in [2.45, 2.75) is 31.9 Å². The van der Waals surface area contributed by atoms with Gasteiger partial charge in [-0.2, -0.15) is 0 Å². The van der Waals surface area contributed by atoms with E-state index in [1.54, 1.807) is 29.2 Å². The number of Topliss-reactive ketones (excluding diaryl/α,β-unsaturated/α-hetero) is 1. The summed E-state index contributed by atoms with van der Waals surface area (Å²) in [6.45, 7) is 5.84. The van der Waals surface area contributed by atoms with Gasteiger partial charge in [-0.15, -0.1) is 0 Å². The summed E-state index contributed by atoms with van der Waals surface area (Å²) in [5.41, 5.74) is 2.80. The second-order valence-corrected chi connectivity index (χ2v) is 10.9. The minimum Gasteiger partial charge on any atom is -0.459 e. The summed E-state index contributed by atoms with van der Waals surface area (Å²) in [7, 11) is 0. The summed E-state index contributed by atoms with van der Waals surface area (Å²) in [4.78, 5) is 43.4. The zero-order chi connectivity index (χ0) is 29.3. The third-order valence-corrected chi connectivity index (χ3v) is 8.14. The lowest BCUT2D eigenvalue weighted by Gasteiger charge is -2.38. The van der Waals surface area contributed by atoms with Gasteiger partial charge in [-0.1, -0.05) is 67.6 Å². The lowest BCUT2D eigenvalue weighted by molar-refractivity contribution is -0.156. The van der Waals surface area contributed by atoms with Crippen molar-refractivity contribution >= 4 is 23.3 Å². The molecule has 0 aliphatic carbocycles. The Morgan fingerprint density at radius 2 is 1.52 bits per heavy atom. The maximum Gasteiger partial charge on any atom is 0.333 e. The van der Waals surface area contributed by atoms with E-state index in [0.29, 0.717) is 44.0 Å². The maximum absolute atomic E-state index is 13.6. The number of nitrogens with one attached hydrogen (secondary N) is 1. The molecule has 0 bridgehead atoms. The third kappa shape index (κ3) is 7.43. The highest BCUT2D eigenvalue weighted by Crippen LogP contribution is 2.27. The van der Waals surface area contributed by atoms with E-state index < -0.39 is 6.04 Å². The summed E-state index contributed by atoms with van der Waals surface area (Å²) in [5.74, 6) is -0.173. The van der Waals surface area contributed by atoms with Gasteiger partial charge in [0.15, 0.2) is 11.8 Å². The number of likely N-dealkylation sites (tertiary alicyclic amines) is 1. The van der Waals surface area contributed by atoms with Crippen LogP contribution in [0.25, 0.3) is 0 Å². The topological polar surface area (TPSA) is 88.2 Å². The number of esters is 1. The molecule has 0 spiro atoms. The molecule has 42 heavy (non-hydrogen) atoms. The van der Waals surface area contributed by atoms with Gasteiger partial charge in [-0.3, -0.25) is 14.5 Å². The van der Waals surface area contributed by atoms with Crippen molar-refractivity contribution in [3.63, 3.8) is 0 Å². The smallest absolute Gasteiger partial charge is 0.333 e. The highest BCUT2D eigenvalue weighted by molar-refractivity contribution is 5.99. The number of rotatable bonds is 10. The van der Waals surface area contributed by atoms with Gasteiger partial charge in [0, 0.05) is 36.4 Å². The zero-order valence-electron chi connectivity index (χ0n) is 24.1.